The molecule has 0 saturated heterocycles. The Morgan fingerprint density at radius 2 is 0.743 bits per heavy atom. The van der Waals surface area contributed by atoms with Gasteiger partial charge in [0.15, 0.2) is 0 Å². The molecule has 2 aromatic heterocycles. The summed E-state index contributed by atoms with van der Waals surface area (Å²) in [5.41, 5.74) is 16.9. The molecule has 14 rings (SSSR count). The highest BCUT2D eigenvalue weighted by atomic mass is 15.0. The van der Waals surface area contributed by atoms with Gasteiger partial charge in [0.25, 0.3) is 0 Å². The normalized spacial score (nSPS) is 15.2. The Balaban J connectivity index is 1.05. The summed E-state index contributed by atoms with van der Waals surface area (Å²) in [5.74, 6) is 0.505. The molecular weight excluding hydrogens is 893 g/mol. The van der Waals surface area contributed by atoms with E-state index in [1.165, 1.54) is 110 Å². The predicted molar refractivity (Wildman–Crippen MR) is 314 cm³/mol. The second-order valence-corrected chi connectivity index (χ2v) is 19.8. The molecule has 0 amide bonds. The molecule has 0 spiro atoms. The van der Waals surface area contributed by atoms with Gasteiger partial charge in [0.1, 0.15) is 0 Å². The van der Waals surface area contributed by atoms with Crippen LogP contribution >= 0.6 is 0 Å². The maximum atomic E-state index is 2.52. The van der Waals surface area contributed by atoms with Gasteiger partial charge in [-0.05, 0) is 155 Å². The van der Waals surface area contributed by atoms with Crippen molar-refractivity contribution in [3.8, 4) is 67.3 Å². The zero-order valence-corrected chi connectivity index (χ0v) is 41.0. The first-order valence-corrected chi connectivity index (χ1v) is 26.1. The van der Waals surface area contributed by atoms with Crippen molar-refractivity contribution in [3.63, 3.8) is 0 Å². The zero-order valence-electron chi connectivity index (χ0n) is 41.0. The second kappa shape index (κ2) is 18.4. The van der Waals surface area contributed by atoms with Crippen LogP contribution in [0.4, 0.5) is 0 Å². The molecule has 10 aromatic carbocycles. The van der Waals surface area contributed by atoms with E-state index in [-0.39, 0.29) is 11.8 Å². The monoisotopic (exact) mass is 944 g/mol. The van der Waals surface area contributed by atoms with Crippen molar-refractivity contribution in [1.82, 2.24) is 9.13 Å². The van der Waals surface area contributed by atoms with E-state index in [1.54, 1.807) is 0 Å². The van der Waals surface area contributed by atoms with Crippen LogP contribution < -0.4 is 0 Å². The lowest BCUT2D eigenvalue weighted by atomic mass is 9.85. The smallest absolute Gasteiger partial charge is 0.0531 e. The minimum atomic E-state index is 0.251. The van der Waals surface area contributed by atoms with Crippen molar-refractivity contribution in [3.05, 3.63) is 291 Å². The van der Waals surface area contributed by atoms with Gasteiger partial charge < -0.3 is 9.13 Å². The Bertz CT molecular complexity index is 4220. The third-order valence-electron chi connectivity index (χ3n) is 15.6. The van der Waals surface area contributed by atoms with E-state index in [1.807, 2.05) is 0 Å². The molecule has 2 aliphatic carbocycles. The predicted octanol–water partition coefficient (Wildman–Crippen LogP) is 19.4. The van der Waals surface area contributed by atoms with Gasteiger partial charge >= 0.3 is 0 Å². The summed E-state index contributed by atoms with van der Waals surface area (Å²) in [6.45, 7) is 0. The van der Waals surface area contributed by atoms with Crippen molar-refractivity contribution in [2.75, 3.05) is 0 Å². The van der Waals surface area contributed by atoms with Gasteiger partial charge in [-0.1, -0.05) is 225 Å². The molecule has 2 heteroatoms. The van der Waals surface area contributed by atoms with Gasteiger partial charge in [0.2, 0.25) is 0 Å². The summed E-state index contributed by atoms with van der Waals surface area (Å²) >= 11 is 0. The van der Waals surface area contributed by atoms with Crippen LogP contribution in [-0.4, -0.2) is 9.13 Å². The molecule has 0 N–H and O–H groups in total. The third kappa shape index (κ3) is 7.49. The van der Waals surface area contributed by atoms with Gasteiger partial charge in [0.05, 0.1) is 11.4 Å². The first kappa shape index (κ1) is 43.5. The molecule has 0 saturated carbocycles. The van der Waals surface area contributed by atoms with E-state index in [0.29, 0.717) is 0 Å². The molecule has 2 heterocycles. The van der Waals surface area contributed by atoms with Crippen LogP contribution in [-0.2, 0) is 0 Å². The van der Waals surface area contributed by atoms with Crippen LogP contribution in [0.3, 0.4) is 0 Å². The minimum absolute atomic E-state index is 0.251. The first-order valence-electron chi connectivity index (χ1n) is 26.1. The molecule has 2 atom stereocenters. The maximum absolute atomic E-state index is 2.52. The van der Waals surface area contributed by atoms with Gasteiger partial charge in [0, 0.05) is 34.6 Å². The van der Waals surface area contributed by atoms with Crippen LogP contribution in [0.25, 0.3) is 110 Å². The number of aromatic nitrogens is 2. The number of fused-ring (bicyclic) bond motifs is 5. The van der Waals surface area contributed by atoms with Gasteiger partial charge in [-0.25, -0.2) is 0 Å². The van der Waals surface area contributed by atoms with Crippen LogP contribution in [0.5, 0.6) is 0 Å². The SMILES string of the molecule is C1=CCC(c2ccc(-c3ccccc3)n2-c2ccc3c(-c4ccc(-c5cc6ccccc6c6ccccc56)cc4)c4cc(-n5c(-c6ccccc6)ccc5C5C=CC=CC5)ccc4c(-c4ccccc4)c3c2)C=C1. The van der Waals surface area contributed by atoms with E-state index in [9.17, 15) is 0 Å². The summed E-state index contributed by atoms with van der Waals surface area (Å²) in [6, 6.07) is 86.0. The van der Waals surface area contributed by atoms with Crippen LogP contribution in [0, 0.1) is 0 Å². The van der Waals surface area contributed by atoms with E-state index in [4.69, 9.17) is 0 Å². The fraction of sp³-hybridized carbons (Fsp3) is 0.0556. The van der Waals surface area contributed by atoms with Crippen molar-refractivity contribution in [2.45, 2.75) is 24.7 Å². The lowest BCUT2D eigenvalue weighted by Crippen LogP contribution is -2.07. The quantitative estimate of drug-likeness (QED) is 0.101. The second-order valence-electron chi connectivity index (χ2n) is 19.8. The fourth-order valence-electron chi connectivity index (χ4n) is 12.1. The lowest BCUT2D eigenvalue weighted by molar-refractivity contribution is 0.786. The van der Waals surface area contributed by atoms with Crippen LogP contribution in [0.15, 0.2) is 279 Å². The molecule has 0 radical (unpaired) electrons. The average Bonchev–Trinajstić information content (AvgIpc) is 4.15. The van der Waals surface area contributed by atoms with E-state index in [0.717, 1.165) is 24.2 Å². The number of rotatable bonds is 9. The Hall–Kier alpha value is -9.24. The lowest BCUT2D eigenvalue weighted by Gasteiger charge is -2.23. The third-order valence-corrected chi connectivity index (χ3v) is 15.6. The number of allylic oxidation sites excluding steroid dienone is 8. The highest BCUT2D eigenvalue weighted by Gasteiger charge is 2.24. The number of hydrogen-bond acceptors (Lipinski definition) is 0. The Morgan fingerprint density at radius 3 is 1.26 bits per heavy atom. The molecule has 0 aliphatic heterocycles. The van der Waals surface area contributed by atoms with E-state index < -0.39 is 0 Å². The molecule has 12 aromatic rings. The van der Waals surface area contributed by atoms with Gasteiger partial charge in [-0.2, -0.15) is 0 Å². The molecule has 74 heavy (non-hydrogen) atoms. The molecule has 0 bridgehead atoms. The molecule has 2 aliphatic rings. The van der Waals surface area contributed by atoms with Crippen molar-refractivity contribution in [2.24, 2.45) is 0 Å². The molecular formula is C72H52N2. The Morgan fingerprint density at radius 1 is 0.297 bits per heavy atom. The molecule has 350 valence electrons. The topological polar surface area (TPSA) is 9.86 Å². The van der Waals surface area contributed by atoms with Gasteiger partial charge in [-0.3, -0.25) is 0 Å². The number of hydrogen-bond donors (Lipinski definition) is 0. The van der Waals surface area contributed by atoms with Crippen molar-refractivity contribution in [1.29, 1.82) is 0 Å². The summed E-state index contributed by atoms with van der Waals surface area (Å²) in [5, 5.41) is 9.94. The fourth-order valence-corrected chi connectivity index (χ4v) is 12.1. The summed E-state index contributed by atoms with van der Waals surface area (Å²) < 4.78 is 5.03. The van der Waals surface area contributed by atoms with Crippen molar-refractivity contribution >= 4 is 43.1 Å². The Kier molecular flexibility index (Phi) is 10.8. The molecule has 0 fully saturated rings. The number of benzene rings is 10. The molecule has 2 unspecified atom stereocenters. The first-order chi connectivity index (χ1) is 36.7. The van der Waals surface area contributed by atoms with E-state index >= 15 is 0 Å². The summed E-state index contributed by atoms with van der Waals surface area (Å²) in [7, 11) is 0. The minimum Gasteiger partial charge on any atom is -0.313 e. The maximum Gasteiger partial charge on any atom is 0.0531 e. The summed E-state index contributed by atoms with van der Waals surface area (Å²) in [6.07, 6.45) is 20.0. The Labute approximate surface area is 432 Å². The largest absolute Gasteiger partial charge is 0.313 e. The van der Waals surface area contributed by atoms with Crippen LogP contribution in [0.2, 0.25) is 0 Å². The standard InChI is InChI=1S/C72H52N2/c1-6-20-50(21-7-1)67-42-43-68(51-22-8-2-9-23-51)73(67)57-39-41-63-65(47-57)71(54-28-14-5-15-29-54)62-40-38-58(74-69(52-24-10-3-11-25-52)44-45-70(74)53-26-12-4-13-27-53)48-66(62)72(63)55-36-34-49(35-37-55)64-46-56-30-16-17-31-59(56)60-32-18-19-33-61(60)64/h1-22,24-26,28-48,51,53H,23,27H2. The number of nitrogens with zero attached hydrogens (tertiary/aromatic N) is 2. The zero-order chi connectivity index (χ0) is 49.0. The highest BCUT2D eigenvalue weighted by Crippen LogP contribution is 2.47. The van der Waals surface area contributed by atoms with Crippen molar-refractivity contribution < 1.29 is 0 Å². The molecule has 2 nitrogen and oxygen atoms in total. The average molecular weight is 945 g/mol. The summed E-state index contributed by atoms with van der Waals surface area (Å²) in [4.78, 5) is 0. The van der Waals surface area contributed by atoms with Crippen LogP contribution in [0.1, 0.15) is 36.1 Å². The van der Waals surface area contributed by atoms with Gasteiger partial charge in [-0.15, -0.1) is 0 Å². The van der Waals surface area contributed by atoms with E-state index in [2.05, 4.69) is 288 Å². The highest BCUT2D eigenvalue weighted by molar-refractivity contribution is 6.22.